The average molecular weight is 431 g/mol. The van der Waals surface area contributed by atoms with Gasteiger partial charge in [-0.1, -0.05) is 24.3 Å². The molecule has 1 saturated heterocycles. The molecule has 32 heavy (non-hydrogen) atoms. The second kappa shape index (κ2) is 8.24. The molecule has 166 valence electrons. The highest BCUT2D eigenvalue weighted by atomic mass is 16.5. The lowest BCUT2D eigenvalue weighted by atomic mass is 10.0. The maximum absolute atomic E-state index is 6.36. The number of rotatable bonds is 6. The molecule has 1 fully saturated rings. The Bertz CT molecular complexity index is 1260. The summed E-state index contributed by atoms with van der Waals surface area (Å²) in [7, 11) is 1.72. The number of likely N-dealkylation sites (tertiary alicyclic amines) is 1. The third-order valence-electron chi connectivity index (χ3n) is 6.57. The average Bonchev–Trinajstić information content (AvgIpc) is 3.39. The van der Waals surface area contributed by atoms with E-state index in [-0.39, 0.29) is 11.6 Å². The molecule has 0 unspecified atom stereocenters. The summed E-state index contributed by atoms with van der Waals surface area (Å²) in [6.45, 7) is 6.98. The van der Waals surface area contributed by atoms with E-state index in [4.69, 9.17) is 15.5 Å². The van der Waals surface area contributed by atoms with Gasteiger partial charge in [0, 0.05) is 43.4 Å². The van der Waals surface area contributed by atoms with Crippen molar-refractivity contribution in [3.8, 4) is 11.5 Å². The molecule has 2 atom stereocenters. The molecular formula is C25H30N6O. The van der Waals surface area contributed by atoms with Gasteiger partial charge in [-0.05, 0) is 56.0 Å². The van der Waals surface area contributed by atoms with Crippen LogP contribution in [0.3, 0.4) is 0 Å². The van der Waals surface area contributed by atoms with Gasteiger partial charge in [-0.25, -0.2) is 4.98 Å². The van der Waals surface area contributed by atoms with Crippen LogP contribution in [0.5, 0.6) is 0 Å². The molecule has 3 aromatic heterocycles. The number of aromatic nitrogens is 4. The Kier molecular flexibility index (Phi) is 5.41. The van der Waals surface area contributed by atoms with E-state index in [1.54, 1.807) is 7.11 Å². The number of methoxy groups -OCH3 is 1. The molecular weight excluding hydrogens is 400 g/mol. The van der Waals surface area contributed by atoms with E-state index < -0.39 is 0 Å². The number of pyridine rings is 2. The van der Waals surface area contributed by atoms with Crippen molar-refractivity contribution in [3.63, 3.8) is 0 Å². The lowest BCUT2D eigenvalue weighted by molar-refractivity contribution is 0.202. The van der Waals surface area contributed by atoms with Gasteiger partial charge in [0.05, 0.1) is 12.1 Å². The SMILES string of the molecule is COCCc1ccc2ccc(-c3nnc4ccc([C@@H](C)N5CC[C@](C)(N)C5)cn34)nc2c1. The lowest BCUT2D eigenvalue weighted by Crippen LogP contribution is -2.39. The fourth-order valence-corrected chi connectivity index (χ4v) is 4.55. The minimum Gasteiger partial charge on any atom is -0.384 e. The predicted octanol–water partition coefficient (Wildman–Crippen LogP) is 3.62. The van der Waals surface area contributed by atoms with Crippen LogP contribution in [-0.2, 0) is 11.2 Å². The van der Waals surface area contributed by atoms with Crippen LogP contribution in [-0.4, -0.2) is 56.8 Å². The van der Waals surface area contributed by atoms with Crippen LogP contribution in [0.25, 0.3) is 28.1 Å². The standard InChI is InChI=1S/C25H30N6O/c1-17(30-12-11-25(2,26)16-30)20-7-9-23-28-29-24(31(23)15-20)21-8-6-19-5-4-18(10-13-32-3)14-22(19)27-21/h4-9,14-15,17H,10-13,16,26H2,1-3H3/t17-,25+/m1/s1. The monoisotopic (exact) mass is 430 g/mol. The van der Waals surface area contributed by atoms with Gasteiger partial charge in [0.15, 0.2) is 11.5 Å². The molecule has 0 saturated carbocycles. The van der Waals surface area contributed by atoms with Gasteiger partial charge in [-0.2, -0.15) is 0 Å². The number of nitrogens with zero attached hydrogens (tertiary/aromatic N) is 5. The number of ether oxygens (including phenoxy) is 1. The number of benzene rings is 1. The van der Waals surface area contributed by atoms with Gasteiger partial charge >= 0.3 is 0 Å². The predicted molar refractivity (Wildman–Crippen MR) is 127 cm³/mol. The Morgan fingerprint density at radius 3 is 2.78 bits per heavy atom. The van der Waals surface area contributed by atoms with Gasteiger partial charge in [0.2, 0.25) is 0 Å². The van der Waals surface area contributed by atoms with Crippen LogP contribution in [0.1, 0.15) is 37.4 Å². The van der Waals surface area contributed by atoms with E-state index in [9.17, 15) is 0 Å². The summed E-state index contributed by atoms with van der Waals surface area (Å²) in [5.41, 5.74) is 11.3. The zero-order chi connectivity index (χ0) is 22.3. The van der Waals surface area contributed by atoms with Gasteiger partial charge in [-0.3, -0.25) is 9.30 Å². The third kappa shape index (κ3) is 3.99. The van der Waals surface area contributed by atoms with E-state index >= 15 is 0 Å². The molecule has 4 aromatic rings. The lowest BCUT2D eigenvalue weighted by Gasteiger charge is -2.26. The van der Waals surface area contributed by atoms with Crippen molar-refractivity contribution in [3.05, 3.63) is 59.8 Å². The molecule has 0 amide bonds. The highest BCUT2D eigenvalue weighted by molar-refractivity contribution is 5.81. The summed E-state index contributed by atoms with van der Waals surface area (Å²) in [6.07, 6.45) is 4.03. The minimum atomic E-state index is -0.114. The zero-order valence-electron chi connectivity index (χ0n) is 19.0. The van der Waals surface area contributed by atoms with Crippen molar-refractivity contribution in [1.29, 1.82) is 0 Å². The molecule has 0 bridgehead atoms. The number of fused-ring (bicyclic) bond motifs is 2. The van der Waals surface area contributed by atoms with Gasteiger partial charge in [0.1, 0.15) is 5.69 Å². The van der Waals surface area contributed by atoms with E-state index in [0.717, 1.165) is 54.0 Å². The van der Waals surface area contributed by atoms with Crippen LogP contribution >= 0.6 is 0 Å². The topological polar surface area (TPSA) is 81.6 Å². The van der Waals surface area contributed by atoms with E-state index in [1.165, 1.54) is 11.1 Å². The second-order valence-electron chi connectivity index (χ2n) is 9.23. The second-order valence-corrected chi connectivity index (χ2v) is 9.23. The Hall–Kier alpha value is -2.87. The molecule has 1 aliphatic rings. The summed E-state index contributed by atoms with van der Waals surface area (Å²) >= 11 is 0. The Morgan fingerprint density at radius 2 is 2.00 bits per heavy atom. The first-order valence-electron chi connectivity index (χ1n) is 11.2. The molecule has 0 radical (unpaired) electrons. The molecule has 7 nitrogen and oxygen atoms in total. The first-order valence-corrected chi connectivity index (χ1v) is 11.2. The van der Waals surface area contributed by atoms with Gasteiger partial charge in [0.25, 0.3) is 0 Å². The zero-order valence-corrected chi connectivity index (χ0v) is 19.0. The van der Waals surface area contributed by atoms with Crippen molar-refractivity contribution in [1.82, 2.24) is 24.5 Å². The Morgan fingerprint density at radius 1 is 1.16 bits per heavy atom. The third-order valence-corrected chi connectivity index (χ3v) is 6.57. The Balaban J connectivity index is 1.50. The summed E-state index contributed by atoms with van der Waals surface area (Å²) < 4.78 is 7.26. The van der Waals surface area contributed by atoms with Crippen molar-refractivity contribution >= 4 is 16.6 Å². The maximum Gasteiger partial charge on any atom is 0.187 e. The molecule has 2 N–H and O–H groups in total. The van der Waals surface area contributed by atoms with Crippen LogP contribution in [0.4, 0.5) is 0 Å². The molecule has 0 spiro atoms. The smallest absolute Gasteiger partial charge is 0.187 e. The van der Waals surface area contributed by atoms with Gasteiger partial charge in [-0.15, -0.1) is 10.2 Å². The maximum atomic E-state index is 6.36. The summed E-state index contributed by atoms with van der Waals surface area (Å²) in [5.74, 6) is 0.753. The fraction of sp³-hybridized carbons (Fsp3) is 0.400. The quantitative estimate of drug-likeness (QED) is 0.503. The van der Waals surface area contributed by atoms with Crippen LogP contribution in [0.15, 0.2) is 48.7 Å². The first kappa shape index (κ1) is 21.0. The van der Waals surface area contributed by atoms with E-state index in [1.807, 2.05) is 16.5 Å². The van der Waals surface area contributed by atoms with Crippen LogP contribution < -0.4 is 5.73 Å². The summed E-state index contributed by atoms with van der Waals surface area (Å²) in [4.78, 5) is 7.36. The van der Waals surface area contributed by atoms with Crippen molar-refractivity contribution in [2.24, 2.45) is 5.73 Å². The van der Waals surface area contributed by atoms with Crippen molar-refractivity contribution in [2.45, 2.75) is 38.3 Å². The summed E-state index contributed by atoms with van der Waals surface area (Å²) in [6, 6.07) is 14.9. The number of nitrogens with two attached hydrogens (primary N) is 1. The molecule has 0 aliphatic carbocycles. The van der Waals surface area contributed by atoms with Gasteiger partial charge < -0.3 is 10.5 Å². The molecule has 4 heterocycles. The molecule has 1 aliphatic heterocycles. The normalized spacial score (nSPS) is 20.4. The fourth-order valence-electron chi connectivity index (χ4n) is 4.55. The van der Waals surface area contributed by atoms with Crippen molar-refractivity contribution < 1.29 is 4.74 Å². The number of hydrogen-bond acceptors (Lipinski definition) is 6. The molecule has 7 heteroatoms. The highest BCUT2D eigenvalue weighted by Crippen LogP contribution is 2.29. The van der Waals surface area contributed by atoms with Crippen LogP contribution in [0, 0.1) is 0 Å². The Labute approximate surface area is 188 Å². The van der Waals surface area contributed by atoms with Crippen molar-refractivity contribution in [2.75, 3.05) is 26.8 Å². The van der Waals surface area contributed by atoms with E-state index in [0.29, 0.717) is 6.61 Å². The van der Waals surface area contributed by atoms with E-state index in [2.05, 4.69) is 65.5 Å². The van der Waals surface area contributed by atoms with Crippen LogP contribution in [0.2, 0.25) is 0 Å². The molecule has 5 rings (SSSR count). The number of hydrogen-bond donors (Lipinski definition) is 1. The minimum absolute atomic E-state index is 0.114. The largest absolute Gasteiger partial charge is 0.384 e. The first-order chi connectivity index (χ1) is 15.4. The summed E-state index contributed by atoms with van der Waals surface area (Å²) in [5, 5.41) is 9.95. The highest BCUT2D eigenvalue weighted by Gasteiger charge is 2.32. The molecule has 1 aromatic carbocycles.